The number of aryl methyl sites for hydroxylation is 1. The molecule has 0 aliphatic carbocycles. The smallest absolute Gasteiger partial charge is 0.241 e. The minimum atomic E-state index is -3.77. The fourth-order valence-corrected chi connectivity index (χ4v) is 3.96. The van der Waals surface area contributed by atoms with Crippen molar-refractivity contribution >= 4 is 32.5 Å². The van der Waals surface area contributed by atoms with Crippen LogP contribution in [0.2, 0.25) is 0 Å². The molecule has 0 fully saturated rings. The first kappa shape index (κ1) is 15.1. The minimum absolute atomic E-state index is 0.114. The maximum Gasteiger partial charge on any atom is 0.268 e. The Balaban J connectivity index is 2.26. The zero-order valence-electron chi connectivity index (χ0n) is 11.8. The van der Waals surface area contributed by atoms with Gasteiger partial charge in [-0.25, -0.2) is 16.8 Å². The van der Waals surface area contributed by atoms with E-state index in [1.165, 1.54) is 30.5 Å². The van der Waals surface area contributed by atoms with Gasteiger partial charge < -0.3 is 0 Å². The van der Waals surface area contributed by atoms with Gasteiger partial charge in [-0.3, -0.25) is 0 Å². The van der Waals surface area contributed by atoms with Crippen LogP contribution in [0.4, 0.5) is 4.39 Å². The summed E-state index contributed by atoms with van der Waals surface area (Å²) in [7, 11) is -3.77. The van der Waals surface area contributed by atoms with Crippen LogP contribution in [-0.2, 0) is 15.9 Å². The molecule has 0 radical (unpaired) electrons. The summed E-state index contributed by atoms with van der Waals surface area (Å²) >= 11 is 5.81. The predicted molar refractivity (Wildman–Crippen MR) is 85.2 cm³/mol. The normalized spacial score (nSPS) is 12.0. The van der Waals surface area contributed by atoms with Crippen LogP contribution < -0.4 is 0 Å². The summed E-state index contributed by atoms with van der Waals surface area (Å²) in [5.74, 6) is -0.398. The molecule has 0 spiro atoms. The first-order valence-corrected chi connectivity index (χ1v) is 8.58. The van der Waals surface area contributed by atoms with Crippen molar-refractivity contribution < 1.29 is 12.8 Å². The van der Waals surface area contributed by atoms with Gasteiger partial charge in [0.25, 0.3) is 10.0 Å². The highest BCUT2D eigenvalue weighted by Crippen LogP contribution is 2.27. The molecule has 0 bridgehead atoms. The van der Waals surface area contributed by atoms with Gasteiger partial charge in [0.2, 0.25) is 0 Å². The highest BCUT2D eigenvalue weighted by atomic mass is 35.5. The topological polar surface area (TPSA) is 39.1 Å². The second-order valence-corrected chi connectivity index (χ2v) is 7.14. The van der Waals surface area contributed by atoms with Crippen LogP contribution in [0.25, 0.3) is 10.9 Å². The van der Waals surface area contributed by atoms with Gasteiger partial charge in [0.15, 0.2) is 0 Å². The van der Waals surface area contributed by atoms with E-state index in [0.717, 1.165) is 9.54 Å². The van der Waals surface area contributed by atoms with E-state index in [-0.39, 0.29) is 16.3 Å². The molecule has 1 aromatic heterocycles. The van der Waals surface area contributed by atoms with Crippen LogP contribution in [0.1, 0.15) is 11.1 Å². The van der Waals surface area contributed by atoms with E-state index in [1.807, 2.05) is 6.92 Å². The van der Waals surface area contributed by atoms with Gasteiger partial charge >= 0.3 is 0 Å². The van der Waals surface area contributed by atoms with E-state index >= 15 is 0 Å². The first-order chi connectivity index (χ1) is 10.4. The van der Waals surface area contributed by atoms with Gasteiger partial charge in [0.05, 0.1) is 10.4 Å². The molecule has 6 heteroatoms. The third kappa shape index (κ3) is 2.40. The molecule has 0 N–H and O–H groups in total. The number of aromatic nitrogens is 1. The SMILES string of the molecule is Cc1ccc(S(=O)(=O)n2ccc3c(CCl)cc(F)cc32)cc1. The third-order valence-corrected chi connectivity index (χ3v) is 5.54. The van der Waals surface area contributed by atoms with E-state index in [9.17, 15) is 12.8 Å². The highest BCUT2D eigenvalue weighted by molar-refractivity contribution is 7.90. The van der Waals surface area contributed by atoms with Crippen molar-refractivity contribution in [2.24, 2.45) is 0 Å². The van der Waals surface area contributed by atoms with Crippen molar-refractivity contribution in [3.8, 4) is 0 Å². The summed E-state index contributed by atoms with van der Waals surface area (Å²) < 4.78 is 40.3. The van der Waals surface area contributed by atoms with Crippen LogP contribution in [0.5, 0.6) is 0 Å². The van der Waals surface area contributed by atoms with Gasteiger partial charge in [-0.1, -0.05) is 17.7 Å². The van der Waals surface area contributed by atoms with E-state index in [2.05, 4.69) is 0 Å². The molecule has 2 aromatic carbocycles. The minimum Gasteiger partial charge on any atom is -0.241 e. The van der Waals surface area contributed by atoms with Crippen molar-refractivity contribution in [3.63, 3.8) is 0 Å². The summed E-state index contributed by atoms with van der Waals surface area (Å²) in [6.45, 7) is 1.88. The number of nitrogens with zero attached hydrogens (tertiary/aromatic N) is 1. The molecule has 0 amide bonds. The molecule has 0 aliphatic rings. The Labute approximate surface area is 133 Å². The second-order valence-electron chi connectivity index (χ2n) is 5.06. The molecule has 0 saturated carbocycles. The largest absolute Gasteiger partial charge is 0.268 e. The Hall–Kier alpha value is -1.85. The van der Waals surface area contributed by atoms with Gasteiger partial charge in [-0.2, -0.15) is 0 Å². The molecular weight excluding hydrogens is 325 g/mol. The summed E-state index contributed by atoms with van der Waals surface area (Å²) in [4.78, 5) is 0.160. The first-order valence-electron chi connectivity index (χ1n) is 6.61. The Morgan fingerprint density at radius 2 is 1.82 bits per heavy atom. The molecule has 3 nitrogen and oxygen atoms in total. The maximum absolute atomic E-state index is 13.7. The molecular formula is C16H13ClFNO2S. The molecule has 0 aliphatic heterocycles. The van der Waals surface area contributed by atoms with Crippen LogP contribution >= 0.6 is 11.6 Å². The quantitative estimate of drug-likeness (QED) is 0.676. The lowest BCUT2D eigenvalue weighted by Crippen LogP contribution is -2.11. The average molecular weight is 338 g/mol. The maximum atomic E-state index is 13.7. The van der Waals surface area contributed by atoms with Gasteiger partial charge in [-0.05, 0) is 42.8 Å². The molecule has 22 heavy (non-hydrogen) atoms. The fraction of sp³-hybridized carbons (Fsp3) is 0.125. The lowest BCUT2D eigenvalue weighted by Gasteiger charge is -2.09. The second kappa shape index (κ2) is 5.41. The summed E-state index contributed by atoms with van der Waals surface area (Å²) in [6.07, 6.45) is 1.43. The van der Waals surface area contributed by atoms with E-state index < -0.39 is 15.8 Å². The Kier molecular flexibility index (Phi) is 3.70. The zero-order chi connectivity index (χ0) is 15.9. The van der Waals surface area contributed by atoms with E-state index in [1.54, 1.807) is 18.2 Å². The van der Waals surface area contributed by atoms with Crippen LogP contribution in [0.15, 0.2) is 53.6 Å². The van der Waals surface area contributed by atoms with Crippen molar-refractivity contribution in [1.82, 2.24) is 3.97 Å². The Morgan fingerprint density at radius 1 is 1.14 bits per heavy atom. The van der Waals surface area contributed by atoms with Crippen LogP contribution in [0, 0.1) is 12.7 Å². The molecule has 3 rings (SSSR count). The molecule has 1 heterocycles. The van der Waals surface area contributed by atoms with Crippen LogP contribution in [0.3, 0.4) is 0 Å². The number of alkyl halides is 1. The van der Waals surface area contributed by atoms with Gasteiger partial charge in [-0.15, -0.1) is 11.6 Å². The van der Waals surface area contributed by atoms with Crippen molar-refractivity contribution in [2.45, 2.75) is 17.7 Å². The standard InChI is InChI=1S/C16H13ClFNO2S/c1-11-2-4-14(5-3-11)22(20,21)19-7-6-15-12(10-17)8-13(18)9-16(15)19/h2-9H,10H2,1H3. The van der Waals surface area contributed by atoms with E-state index in [0.29, 0.717) is 10.9 Å². The van der Waals surface area contributed by atoms with Gasteiger partial charge in [0.1, 0.15) is 5.82 Å². The molecule has 0 atom stereocenters. The number of rotatable bonds is 3. The number of benzene rings is 2. The van der Waals surface area contributed by atoms with E-state index in [4.69, 9.17) is 11.6 Å². The molecule has 3 aromatic rings. The predicted octanol–water partition coefficient (Wildman–Crippen LogP) is 4.06. The fourth-order valence-electron chi connectivity index (χ4n) is 2.40. The summed E-state index contributed by atoms with van der Waals surface area (Å²) in [6, 6.07) is 10.7. The summed E-state index contributed by atoms with van der Waals surface area (Å²) in [5, 5.41) is 0.632. The van der Waals surface area contributed by atoms with Gasteiger partial charge in [0, 0.05) is 17.5 Å². The van der Waals surface area contributed by atoms with Crippen molar-refractivity contribution in [3.05, 3.63) is 65.6 Å². The van der Waals surface area contributed by atoms with Crippen LogP contribution in [-0.4, -0.2) is 12.4 Å². The highest BCUT2D eigenvalue weighted by Gasteiger charge is 2.20. The number of hydrogen-bond acceptors (Lipinski definition) is 2. The molecule has 114 valence electrons. The van der Waals surface area contributed by atoms with Crippen molar-refractivity contribution in [1.29, 1.82) is 0 Å². The summed E-state index contributed by atoms with van der Waals surface area (Å²) in [5.41, 5.74) is 1.82. The monoisotopic (exact) mass is 337 g/mol. The van der Waals surface area contributed by atoms with Crippen molar-refractivity contribution in [2.75, 3.05) is 0 Å². The average Bonchev–Trinajstić information content (AvgIpc) is 2.91. The number of halogens is 2. The third-order valence-electron chi connectivity index (χ3n) is 3.54. The Morgan fingerprint density at radius 3 is 2.45 bits per heavy atom. The lowest BCUT2D eigenvalue weighted by molar-refractivity contribution is 0.589. The number of fused-ring (bicyclic) bond motifs is 1. The number of hydrogen-bond donors (Lipinski definition) is 0. The lowest BCUT2D eigenvalue weighted by atomic mass is 10.1. The zero-order valence-corrected chi connectivity index (χ0v) is 13.3. The molecule has 0 unspecified atom stereocenters. The molecule has 0 saturated heterocycles. The Bertz CT molecular complexity index is 946.